The minimum Gasteiger partial charge on any atom is -0.493 e. The van der Waals surface area contributed by atoms with Crippen LogP contribution in [0.25, 0.3) is 0 Å². The molecule has 2 N–H and O–H groups in total. The highest BCUT2D eigenvalue weighted by atomic mass is 16.5. The van der Waals surface area contributed by atoms with E-state index >= 15 is 0 Å². The molecule has 2 heterocycles. The molecule has 4 rings (SSSR count). The molecule has 0 bridgehead atoms. The zero-order chi connectivity index (χ0) is 26.7. The van der Waals surface area contributed by atoms with E-state index in [1.54, 1.807) is 12.1 Å². The van der Waals surface area contributed by atoms with Crippen molar-refractivity contribution in [3.63, 3.8) is 0 Å². The molecule has 1 aliphatic rings. The molecule has 198 valence electrons. The number of esters is 1. The van der Waals surface area contributed by atoms with Crippen molar-refractivity contribution < 1.29 is 28.5 Å². The molecule has 0 amide bonds. The number of ether oxygens (including phenoxy) is 5. The van der Waals surface area contributed by atoms with Crippen LogP contribution < -0.4 is 24.5 Å². The Morgan fingerprint density at radius 3 is 2.35 bits per heavy atom. The smallest absolute Gasteiger partial charge is 0.306 e. The number of H-pyrrole nitrogens is 2. The van der Waals surface area contributed by atoms with Gasteiger partial charge < -0.3 is 28.8 Å². The Kier molecular flexibility index (Phi) is 7.52. The summed E-state index contributed by atoms with van der Waals surface area (Å²) in [7, 11) is 5.89. The van der Waals surface area contributed by atoms with Crippen LogP contribution in [0.2, 0.25) is 0 Å². The Bertz CT molecular complexity index is 1310. The molecule has 0 aliphatic carbocycles. The lowest BCUT2D eigenvalue weighted by Crippen LogP contribution is -2.32. The summed E-state index contributed by atoms with van der Waals surface area (Å²) in [5.74, 6) is 1.11. The largest absolute Gasteiger partial charge is 0.493 e. The first-order chi connectivity index (χ1) is 17.7. The molecule has 3 aromatic rings. The standard InChI is InChI=1S/C28H34N2O7/c1-28(2)10-9-17-11-16(7-8-21(17)37-28)12-20-25(27(32)30-29-20)19(15-24(31)35-5)18-13-22(33-3)26(36-6)23(14-18)34-4/h7-8,11,13-14,19H,9-10,12,15H2,1-6H3,(H2,29,30,32)/t19-/m1/s1. The number of rotatable bonds is 9. The van der Waals surface area contributed by atoms with Gasteiger partial charge in [-0.05, 0) is 61.6 Å². The van der Waals surface area contributed by atoms with Gasteiger partial charge in [0.25, 0.3) is 5.56 Å². The third-order valence-corrected chi connectivity index (χ3v) is 6.82. The molecule has 9 nitrogen and oxygen atoms in total. The van der Waals surface area contributed by atoms with Crippen LogP contribution in [-0.2, 0) is 22.4 Å². The van der Waals surface area contributed by atoms with Gasteiger partial charge in [-0.3, -0.25) is 14.7 Å². The molecule has 1 atom stereocenters. The number of hydrogen-bond acceptors (Lipinski definition) is 7. The van der Waals surface area contributed by atoms with Crippen molar-refractivity contribution in [2.45, 2.75) is 51.0 Å². The highest BCUT2D eigenvalue weighted by molar-refractivity contribution is 5.72. The van der Waals surface area contributed by atoms with E-state index < -0.39 is 11.9 Å². The van der Waals surface area contributed by atoms with Gasteiger partial charge in [0.15, 0.2) is 11.5 Å². The van der Waals surface area contributed by atoms with Gasteiger partial charge in [0.2, 0.25) is 5.75 Å². The van der Waals surface area contributed by atoms with E-state index in [1.165, 1.54) is 28.4 Å². The number of methoxy groups -OCH3 is 4. The average molecular weight is 511 g/mol. The van der Waals surface area contributed by atoms with Crippen LogP contribution in [0.3, 0.4) is 0 Å². The van der Waals surface area contributed by atoms with Gasteiger partial charge in [0.1, 0.15) is 11.4 Å². The minimum absolute atomic E-state index is 0.0455. The van der Waals surface area contributed by atoms with Crippen molar-refractivity contribution >= 4 is 5.97 Å². The topological polar surface area (TPSA) is 112 Å². The molecular formula is C28H34N2O7. The van der Waals surface area contributed by atoms with E-state index in [2.05, 4.69) is 30.1 Å². The van der Waals surface area contributed by atoms with Crippen LogP contribution in [-0.4, -0.2) is 50.2 Å². The summed E-state index contributed by atoms with van der Waals surface area (Å²) in [6, 6.07) is 9.62. The van der Waals surface area contributed by atoms with E-state index in [9.17, 15) is 9.59 Å². The number of aromatic amines is 2. The Morgan fingerprint density at radius 1 is 1.03 bits per heavy atom. The normalized spacial score (nSPS) is 14.8. The summed E-state index contributed by atoms with van der Waals surface area (Å²) in [6.45, 7) is 4.18. The summed E-state index contributed by atoms with van der Waals surface area (Å²) < 4.78 is 27.6. The zero-order valence-electron chi connectivity index (χ0n) is 22.2. The predicted octanol–water partition coefficient (Wildman–Crippen LogP) is 4.12. The number of benzene rings is 2. The molecule has 0 unspecified atom stereocenters. The Hall–Kier alpha value is -3.88. The first-order valence-corrected chi connectivity index (χ1v) is 12.2. The number of aromatic nitrogens is 2. The maximum Gasteiger partial charge on any atom is 0.306 e. The number of aryl methyl sites for hydroxylation is 1. The third-order valence-electron chi connectivity index (χ3n) is 6.82. The molecule has 0 saturated heterocycles. The van der Waals surface area contributed by atoms with E-state index in [-0.39, 0.29) is 17.6 Å². The molecule has 9 heteroatoms. The zero-order valence-corrected chi connectivity index (χ0v) is 22.2. The lowest BCUT2D eigenvalue weighted by atomic mass is 9.86. The first-order valence-electron chi connectivity index (χ1n) is 12.2. The van der Waals surface area contributed by atoms with Crippen LogP contribution >= 0.6 is 0 Å². The molecular weight excluding hydrogens is 476 g/mol. The van der Waals surface area contributed by atoms with E-state index in [1.807, 2.05) is 12.1 Å². The quantitative estimate of drug-likeness (QED) is 0.417. The predicted molar refractivity (Wildman–Crippen MR) is 138 cm³/mol. The van der Waals surface area contributed by atoms with Crippen LogP contribution in [0.1, 0.15) is 60.6 Å². The maximum absolute atomic E-state index is 13.1. The van der Waals surface area contributed by atoms with Crippen LogP contribution in [0.4, 0.5) is 0 Å². The van der Waals surface area contributed by atoms with Crippen molar-refractivity contribution in [3.8, 4) is 23.0 Å². The van der Waals surface area contributed by atoms with Gasteiger partial charge in [0, 0.05) is 23.6 Å². The second-order valence-corrected chi connectivity index (χ2v) is 9.74. The average Bonchev–Trinajstić information content (AvgIpc) is 3.25. The fourth-order valence-electron chi connectivity index (χ4n) is 4.88. The lowest BCUT2D eigenvalue weighted by molar-refractivity contribution is -0.140. The number of carbonyl (C=O) groups is 1. The molecule has 1 aromatic heterocycles. The summed E-state index contributed by atoms with van der Waals surface area (Å²) in [5, 5.41) is 5.74. The van der Waals surface area contributed by atoms with Crippen molar-refractivity contribution in [2.75, 3.05) is 28.4 Å². The number of fused-ring (bicyclic) bond motifs is 1. The summed E-state index contributed by atoms with van der Waals surface area (Å²) in [6.07, 6.45) is 2.27. The summed E-state index contributed by atoms with van der Waals surface area (Å²) in [5.41, 5.74) is 3.48. The number of nitrogens with one attached hydrogen (secondary N) is 2. The lowest BCUT2D eigenvalue weighted by Gasteiger charge is -2.32. The number of carbonyl (C=O) groups excluding carboxylic acids is 1. The van der Waals surface area contributed by atoms with Crippen molar-refractivity contribution in [3.05, 3.63) is 68.6 Å². The second-order valence-electron chi connectivity index (χ2n) is 9.74. The van der Waals surface area contributed by atoms with E-state index in [4.69, 9.17) is 23.7 Å². The fourth-order valence-corrected chi connectivity index (χ4v) is 4.88. The van der Waals surface area contributed by atoms with Crippen LogP contribution in [0.5, 0.6) is 23.0 Å². The van der Waals surface area contributed by atoms with Gasteiger partial charge in [-0.1, -0.05) is 12.1 Å². The van der Waals surface area contributed by atoms with E-state index in [0.29, 0.717) is 40.5 Å². The molecule has 1 aliphatic heterocycles. The Labute approximate surface area is 216 Å². The van der Waals surface area contributed by atoms with E-state index in [0.717, 1.165) is 29.7 Å². The SMILES string of the molecule is COC(=O)C[C@H](c1cc(OC)c(OC)c(OC)c1)c1c(Cc2ccc3c(c2)CCC(C)(C)O3)[nH][nH]c1=O. The Morgan fingerprint density at radius 2 is 1.73 bits per heavy atom. The fraction of sp³-hybridized carbons (Fsp3) is 0.429. The Balaban J connectivity index is 1.76. The molecule has 0 spiro atoms. The molecule has 0 radical (unpaired) electrons. The van der Waals surface area contributed by atoms with Crippen LogP contribution in [0, 0.1) is 0 Å². The highest BCUT2D eigenvalue weighted by Gasteiger charge is 2.29. The monoisotopic (exact) mass is 510 g/mol. The molecule has 37 heavy (non-hydrogen) atoms. The minimum atomic E-state index is -0.618. The van der Waals surface area contributed by atoms with Gasteiger partial charge in [0.05, 0.1) is 34.9 Å². The van der Waals surface area contributed by atoms with Crippen molar-refractivity contribution in [1.82, 2.24) is 10.2 Å². The molecule has 0 saturated carbocycles. The summed E-state index contributed by atoms with van der Waals surface area (Å²) in [4.78, 5) is 25.6. The maximum atomic E-state index is 13.1. The number of hydrogen-bond donors (Lipinski definition) is 2. The van der Waals surface area contributed by atoms with Gasteiger partial charge >= 0.3 is 5.97 Å². The van der Waals surface area contributed by atoms with Crippen molar-refractivity contribution in [2.24, 2.45) is 0 Å². The molecule has 2 aromatic carbocycles. The van der Waals surface area contributed by atoms with Gasteiger partial charge in [-0.2, -0.15) is 0 Å². The highest BCUT2D eigenvalue weighted by Crippen LogP contribution is 2.42. The van der Waals surface area contributed by atoms with Crippen LogP contribution in [0.15, 0.2) is 35.1 Å². The third kappa shape index (κ3) is 5.45. The second kappa shape index (κ2) is 10.6. The molecule has 0 fully saturated rings. The van der Waals surface area contributed by atoms with Gasteiger partial charge in [-0.15, -0.1) is 0 Å². The first kappa shape index (κ1) is 26.2. The summed E-state index contributed by atoms with van der Waals surface area (Å²) >= 11 is 0. The van der Waals surface area contributed by atoms with Gasteiger partial charge in [-0.25, -0.2) is 0 Å². The van der Waals surface area contributed by atoms with Crippen molar-refractivity contribution in [1.29, 1.82) is 0 Å².